The van der Waals surface area contributed by atoms with Crippen LogP contribution in [0.25, 0.3) is 11.1 Å². The molecule has 0 aliphatic heterocycles. The molecule has 1 aromatic heterocycles. The molecule has 1 heterocycles. The molecule has 0 spiro atoms. The molecule has 1 aromatic carbocycles. The van der Waals surface area contributed by atoms with Gasteiger partial charge < -0.3 is 10.8 Å². The van der Waals surface area contributed by atoms with Gasteiger partial charge in [0.15, 0.2) is 5.78 Å². The zero-order valence-electron chi connectivity index (χ0n) is 8.73. The average Bonchev–Trinajstić information content (AvgIpc) is 2.70. The van der Waals surface area contributed by atoms with Gasteiger partial charge in [0.05, 0.1) is 4.88 Å². The predicted octanol–water partition coefficient (Wildman–Crippen LogP) is 2.91. The third kappa shape index (κ3) is 1.92. The molecule has 2 aromatic rings. The third-order valence-corrected chi connectivity index (χ3v) is 3.31. The molecular weight excluding hydrogens is 222 g/mol. The Morgan fingerprint density at radius 3 is 2.75 bits per heavy atom. The molecule has 0 saturated carbocycles. The minimum Gasteiger partial charge on any atom is -0.507 e. The van der Waals surface area contributed by atoms with Crippen molar-refractivity contribution in [3.8, 4) is 16.9 Å². The van der Waals surface area contributed by atoms with Crippen LogP contribution in [0.15, 0.2) is 29.6 Å². The van der Waals surface area contributed by atoms with Crippen LogP contribution in [0.2, 0.25) is 0 Å². The maximum atomic E-state index is 11.2. The van der Waals surface area contributed by atoms with Crippen molar-refractivity contribution in [1.82, 2.24) is 0 Å². The molecule has 3 N–H and O–H groups in total. The number of ketones is 1. The molecule has 0 bridgehead atoms. The normalized spacial score (nSPS) is 10.3. The van der Waals surface area contributed by atoms with Gasteiger partial charge in [-0.2, -0.15) is 0 Å². The van der Waals surface area contributed by atoms with Gasteiger partial charge in [-0.25, -0.2) is 0 Å². The first kappa shape index (κ1) is 10.7. The second-order valence-electron chi connectivity index (χ2n) is 3.53. The number of benzene rings is 1. The highest BCUT2D eigenvalue weighted by molar-refractivity contribution is 7.12. The number of phenols is 1. The van der Waals surface area contributed by atoms with Crippen molar-refractivity contribution in [3.05, 3.63) is 34.5 Å². The van der Waals surface area contributed by atoms with Crippen LogP contribution in [-0.4, -0.2) is 10.9 Å². The van der Waals surface area contributed by atoms with Gasteiger partial charge >= 0.3 is 0 Å². The van der Waals surface area contributed by atoms with Crippen molar-refractivity contribution in [2.75, 3.05) is 5.73 Å². The summed E-state index contributed by atoms with van der Waals surface area (Å²) in [6.07, 6.45) is 0. The van der Waals surface area contributed by atoms with Gasteiger partial charge in [0, 0.05) is 11.3 Å². The Balaban J connectivity index is 2.50. The Labute approximate surface area is 97.2 Å². The fourth-order valence-corrected chi connectivity index (χ4v) is 2.26. The highest BCUT2D eigenvalue weighted by Crippen LogP contribution is 2.33. The summed E-state index contributed by atoms with van der Waals surface area (Å²) < 4.78 is 0. The number of rotatable bonds is 2. The molecule has 3 nitrogen and oxygen atoms in total. The maximum Gasteiger partial charge on any atom is 0.169 e. The molecule has 0 unspecified atom stereocenters. The number of carbonyl (C=O) groups is 1. The smallest absolute Gasteiger partial charge is 0.169 e. The summed E-state index contributed by atoms with van der Waals surface area (Å²) in [7, 11) is 0. The van der Waals surface area contributed by atoms with E-state index in [1.54, 1.807) is 24.3 Å². The van der Waals surface area contributed by atoms with Crippen LogP contribution >= 0.6 is 11.3 Å². The van der Waals surface area contributed by atoms with E-state index in [-0.39, 0.29) is 11.5 Å². The van der Waals surface area contributed by atoms with E-state index in [0.29, 0.717) is 16.1 Å². The van der Waals surface area contributed by atoms with Crippen LogP contribution in [0.4, 0.5) is 5.69 Å². The zero-order chi connectivity index (χ0) is 11.7. The molecule has 0 atom stereocenters. The van der Waals surface area contributed by atoms with Crippen LogP contribution in [-0.2, 0) is 0 Å². The Hall–Kier alpha value is -1.81. The fourth-order valence-electron chi connectivity index (χ4n) is 1.45. The average molecular weight is 233 g/mol. The second-order valence-corrected chi connectivity index (χ2v) is 4.44. The number of hydrogen-bond donors (Lipinski definition) is 2. The summed E-state index contributed by atoms with van der Waals surface area (Å²) in [5, 5.41) is 11.5. The molecule has 2 rings (SSSR count). The summed E-state index contributed by atoms with van der Waals surface area (Å²) in [6, 6.07) is 6.65. The zero-order valence-corrected chi connectivity index (χ0v) is 9.54. The summed E-state index contributed by atoms with van der Waals surface area (Å²) in [4.78, 5) is 11.8. The first-order valence-corrected chi connectivity index (χ1v) is 5.64. The number of hydrogen-bond acceptors (Lipinski definition) is 4. The largest absolute Gasteiger partial charge is 0.507 e. The highest BCUT2D eigenvalue weighted by atomic mass is 32.1. The maximum absolute atomic E-state index is 11.2. The van der Waals surface area contributed by atoms with Crippen LogP contribution in [0.5, 0.6) is 5.75 Å². The van der Waals surface area contributed by atoms with Crippen LogP contribution in [0, 0.1) is 0 Å². The van der Waals surface area contributed by atoms with Crippen molar-refractivity contribution in [2.45, 2.75) is 6.92 Å². The van der Waals surface area contributed by atoms with Gasteiger partial charge in [0.2, 0.25) is 0 Å². The predicted molar refractivity (Wildman–Crippen MR) is 65.8 cm³/mol. The molecule has 0 fully saturated rings. The van der Waals surface area contributed by atoms with Crippen molar-refractivity contribution >= 4 is 22.8 Å². The number of nitrogen functional groups attached to an aromatic ring is 1. The minimum absolute atomic E-state index is 0.0274. The molecule has 0 radical (unpaired) electrons. The van der Waals surface area contributed by atoms with Gasteiger partial charge in [0.25, 0.3) is 0 Å². The van der Waals surface area contributed by atoms with Gasteiger partial charge in [-0.1, -0.05) is 0 Å². The van der Waals surface area contributed by atoms with Crippen molar-refractivity contribution in [2.24, 2.45) is 0 Å². The standard InChI is InChI=1S/C12H11NO2S/c1-7(14)12-4-8(6-16-12)10-5-9(13)2-3-11(10)15/h2-6,15H,13H2,1H3. The van der Waals surface area contributed by atoms with Crippen molar-refractivity contribution in [1.29, 1.82) is 0 Å². The summed E-state index contributed by atoms with van der Waals surface area (Å²) in [5.41, 5.74) is 7.72. The van der Waals surface area contributed by atoms with E-state index in [1.807, 2.05) is 5.38 Å². The second kappa shape index (κ2) is 3.98. The van der Waals surface area contributed by atoms with E-state index in [2.05, 4.69) is 0 Å². The topological polar surface area (TPSA) is 63.3 Å². The molecule has 82 valence electrons. The minimum atomic E-state index is 0.0274. The van der Waals surface area contributed by atoms with Crippen molar-refractivity contribution < 1.29 is 9.90 Å². The van der Waals surface area contributed by atoms with E-state index in [1.165, 1.54) is 18.3 Å². The molecule has 4 heteroatoms. The van der Waals surface area contributed by atoms with E-state index < -0.39 is 0 Å². The summed E-state index contributed by atoms with van der Waals surface area (Å²) in [5.74, 6) is 0.196. The van der Waals surface area contributed by atoms with Gasteiger partial charge in [-0.05, 0) is 42.1 Å². The first-order chi connectivity index (χ1) is 7.58. The number of carbonyl (C=O) groups excluding carboxylic acids is 1. The lowest BCUT2D eigenvalue weighted by Crippen LogP contribution is -1.86. The van der Waals surface area contributed by atoms with Gasteiger partial charge in [0.1, 0.15) is 5.75 Å². The summed E-state index contributed by atoms with van der Waals surface area (Å²) >= 11 is 1.37. The molecule has 0 amide bonds. The third-order valence-electron chi connectivity index (χ3n) is 2.28. The van der Waals surface area contributed by atoms with E-state index >= 15 is 0 Å². The lowest BCUT2D eigenvalue weighted by Gasteiger charge is -2.02. The molecule has 0 saturated heterocycles. The van der Waals surface area contributed by atoms with Gasteiger partial charge in [-0.3, -0.25) is 4.79 Å². The quantitative estimate of drug-likeness (QED) is 0.476. The Kier molecular flexibility index (Phi) is 2.66. The lowest BCUT2D eigenvalue weighted by atomic mass is 10.1. The monoisotopic (exact) mass is 233 g/mol. The number of aromatic hydroxyl groups is 1. The molecule has 0 aliphatic rings. The van der Waals surface area contributed by atoms with Crippen molar-refractivity contribution in [3.63, 3.8) is 0 Å². The van der Waals surface area contributed by atoms with E-state index in [9.17, 15) is 9.90 Å². The SMILES string of the molecule is CC(=O)c1cc(-c2cc(N)ccc2O)cs1. The van der Waals surface area contributed by atoms with E-state index in [0.717, 1.165) is 5.56 Å². The van der Waals surface area contributed by atoms with E-state index in [4.69, 9.17) is 5.73 Å². The van der Waals surface area contributed by atoms with Gasteiger partial charge in [-0.15, -0.1) is 11.3 Å². The number of nitrogens with two attached hydrogens (primary N) is 1. The lowest BCUT2D eigenvalue weighted by molar-refractivity contribution is 0.102. The molecular formula is C12H11NO2S. The first-order valence-electron chi connectivity index (χ1n) is 4.76. The summed E-state index contributed by atoms with van der Waals surface area (Å²) in [6.45, 7) is 1.52. The number of Topliss-reactive ketones (excluding diaryl/α,β-unsaturated/α-hetero) is 1. The Bertz CT molecular complexity index is 546. The van der Waals surface area contributed by atoms with Crippen LogP contribution < -0.4 is 5.73 Å². The molecule has 16 heavy (non-hydrogen) atoms. The Morgan fingerprint density at radius 2 is 2.12 bits per heavy atom. The van der Waals surface area contributed by atoms with Crippen LogP contribution in [0.1, 0.15) is 16.6 Å². The van der Waals surface area contributed by atoms with Crippen LogP contribution in [0.3, 0.4) is 0 Å². The number of phenolic OH excluding ortho intramolecular Hbond substituents is 1. The number of thiophene rings is 1. The fraction of sp³-hybridized carbons (Fsp3) is 0.0833. The highest BCUT2D eigenvalue weighted by Gasteiger charge is 2.09. The Morgan fingerprint density at radius 1 is 1.38 bits per heavy atom. The molecule has 0 aliphatic carbocycles. The number of anilines is 1.